The SMILES string of the molecule is CC(C)(C)OC(=O)N1CCCC(Cc2ncn3c2CCc2cc(C(F)(F)F)ccc2-3)C1=O. The number of likely N-dealkylation sites (tertiary alicyclic amines) is 1. The summed E-state index contributed by atoms with van der Waals surface area (Å²) in [6.45, 7) is 5.59. The molecule has 1 aromatic heterocycles. The first-order chi connectivity index (χ1) is 14.9. The third-order valence-corrected chi connectivity index (χ3v) is 5.85. The van der Waals surface area contributed by atoms with Crippen molar-refractivity contribution in [3.05, 3.63) is 47.0 Å². The average molecular weight is 449 g/mol. The number of imidazole rings is 1. The number of ether oxygens (including phenoxy) is 1. The van der Waals surface area contributed by atoms with E-state index in [1.54, 1.807) is 27.1 Å². The van der Waals surface area contributed by atoms with E-state index >= 15 is 0 Å². The van der Waals surface area contributed by atoms with E-state index in [0.717, 1.165) is 17.5 Å². The normalized spacial score (nSPS) is 18.9. The standard InChI is InChI=1S/C23H26F3N3O3/c1-22(2,3)32-21(31)28-10-4-5-15(20(28)30)12-17-19-8-6-14-11-16(23(24,25)26)7-9-18(14)29(19)13-27-17/h7,9,11,13,15H,4-6,8,10,12H2,1-3H3. The number of aryl methyl sites for hydroxylation is 1. The maximum Gasteiger partial charge on any atom is 0.417 e. The summed E-state index contributed by atoms with van der Waals surface area (Å²) in [5, 5.41) is 0. The van der Waals surface area contributed by atoms with E-state index < -0.39 is 23.4 Å². The van der Waals surface area contributed by atoms with E-state index in [4.69, 9.17) is 4.74 Å². The second-order valence-corrected chi connectivity index (χ2v) is 9.36. The van der Waals surface area contributed by atoms with E-state index in [0.29, 0.717) is 49.9 Å². The second kappa shape index (κ2) is 7.94. The number of hydrogen-bond donors (Lipinski definition) is 0. The molecule has 0 saturated carbocycles. The van der Waals surface area contributed by atoms with Gasteiger partial charge >= 0.3 is 12.3 Å². The number of carbonyl (C=O) groups excluding carboxylic acids is 2. The first-order valence-electron chi connectivity index (χ1n) is 10.7. The van der Waals surface area contributed by atoms with Crippen LogP contribution in [-0.2, 0) is 35.0 Å². The van der Waals surface area contributed by atoms with Crippen molar-refractivity contribution >= 4 is 12.0 Å². The zero-order chi connectivity index (χ0) is 23.3. The van der Waals surface area contributed by atoms with Crippen molar-refractivity contribution in [1.82, 2.24) is 14.5 Å². The molecule has 1 unspecified atom stereocenters. The van der Waals surface area contributed by atoms with Crippen molar-refractivity contribution in [3.63, 3.8) is 0 Å². The lowest BCUT2D eigenvalue weighted by Gasteiger charge is -2.32. The van der Waals surface area contributed by atoms with E-state index in [1.165, 1.54) is 17.0 Å². The Hall–Kier alpha value is -2.84. The van der Waals surface area contributed by atoms with Gasteiger partial charge in [0.25, 0.3) is 0 Å². The van der Waals surface area contributed by atoms with Crippen LogP contribution in [0.4, 0.5) is 18.0 Å². The molecule has 1 saturated heterocycles. The van der Waals surface area contributed by atoms with Gasteiger partial charge in [0.1, 0.15) is 5.60 Å². The number of alkyl halides is 3. The third-order valence-electron chi connectivity index (χ3n) is 5.85. The number of amides is 2. The summed E-state index contributed by atoms with van der Waals surface area (Å²) < 4.78 is 46.3. The van der Waals surface area contributed by atoms with Crippen LogP contribution in [0.2, 0.25) is 0 Å². The summed E-state index contributed by atoms with van der Waals surface area (Å²) >= 11 is 0. The number of hydrogen-bond acceptors (Lipinski definition) is 4. The Bertz CT molecular complexity index is 1050. The zero-order valence-electron chi connectivity index (χ0n) is 18.3. The van der Waals surface area contributed by atoms with Gasteiger partial charge in [-0.05, 0) is 70.2 Å². The van der Waals surface area contributed by atoms with Gasteiger partial charge in [0.05, 0.1) is 17.6 Å². The van der Waals surface area contributed by atoms with Crippen molar-refractivity contribution in [1.29, 1.82) is 0 Å². The van der Waals surface area contributed by atoms with Gasteiger partial charge in [-0.25, -0.2) is 14.7 Å². The van der Waals surface area contributed by atoms with Crippen LogP contribution in [-0.4, -0.2) is 38.6 Å². The molecule has 2 aromatic rings. The minimum Gasteiger partial charge on any atom is -0.443 e. The number of nitrogens with zero attached hydrogens (tertiary/aromatic N) is 3. The van der Waals surface area contributed by atoms with Gasteiger partial charge in [-0.3, -0.25) is 4.79 Å². The van der Waals surface area contributed by atoms with Gasteiger partial charge in [-0.1, -0.05) is 0 Å². The molecular weight excluding hydrogens is 423 g/mol. The van der Waals surface area contributed by atoms with Gasteiger partial charge in [-0.2, -0.15) is 13.2 Å². The summed E-state index contributed by atoms with van der Waals surface area (Å²) in [5.41, 5.74) is 1.62. The summed E-state index contributed by atoms with van der Waals surface area (Å²) in [6.07, 6.45) is -0.665. The van der Waals surface area contributed by atoms with E-state index in [-0.39, 0.29) is 11.8 Å². The molecule has 1 aromatic carbocycles. The first kappa shape index (κ1) is 22.4. The van der Waals surface area contributed by atoms with Gasteiger partial charge in [0, 0.05) is 30.3 Å². The fraction of sp³-hybridized carbons (Fsp3) is 0.522. The van der Waals surface area contributed by atoms with E-state index in [2.05, 4.69) is 4.98 Å². The number of rotatable bonds is 2. The number of carbonyl (C=O) groups is 2. The highest BCUT2D eigenvalue weighted by Gasteiger charge is 2.37. The predicted octanol–water partition coefficient (Wildman–Crippen LogP) is 4.71. The van der Waals surface area contributed by atoms with Crippen molar-refractivity contribution in [3.8, 4) is 5.69 Å². The minimum absolute atomic E-state index is 0.265. The van der Waals surface area contributed by atoms with Crippen LogP contribution in [0.25, 0.3) is 5.69 Å². The highest BCUT2D eigenvalue weighted by molar-refractivity contribution is 5.94. The van der Waals surface area contributed by atoms with Crippen molar-refractivity contribution in [2.75, 3.05) is 6.54 Å². The zero-order valence-corrected chi connectivity index (χ0v) is 18.3. The van der Waals surface area contributed by atoms with Gasteiger partial charge in [0.15, 0.2) is 0 Å². The largest absolute Gasteiger partial charge is 0.443 e. The molecule has 9 heteroatoms. The highest BCUT2D eigenvalue weighted by atomic mass is 19.4. The lowest BCUT2D eigenvalue weighted by molar-refractivity contribution is -0.138. The van der Waals surface area contributed by atoms with Crippen molar-refractivity contribution in [2.45, 2.75) is 64.7 Å². The molecule has 2 aliphatic rings. The number of piperidine rings is 1. The highest BCUT2D eigenvalue weighted by Crippen LogP contribution is 2.35. The smallest absolute Gasteiger partial charge is 0.417 e. The van der Waals surface area contributed by atoms with Gasteiger partial charge in [0.2, 0.25) is 5.91 Å². The van der Waals surface area contributed by atoms with Crippen LogP contribution in [0.15, 0.2) is 24.5 Å². The first-order valence-corrected chi connectivity index (χ1v) is 10.7. The molecule has 0 N–H and O–H groups in total. The van der Waals surface area contributed by atoms with Crippen LogP contribution >= 0.6 is 0 Å². The Morgan fingerprint density at radius 2 is 1.97 bits per heavy atom. The summed E-state index contributed by atoms with van der Waals surface area (Å²) in [6, 6.07) is 3.75. The molecule has 1 fully saturated rings. The molecular formula is C23H26F3N3O3. The Balaban J connectivity index is 1.53. The number of aromatic nitrogens is 2. The van der Waals surface area contributed by atoms with Crippen LogP contribution < -0.4 is 0 Å². The van der Waals surface area contributed by atoms with Crippen molar-refractivity contribution in [2.24, 2.45) is 5.92 Å². The molecule has 2 amide bonds. The second-order valence-electron chi connectivity index (χ2n) is 9.36. The van der Waals surface area contributed by atoms with Gasteiger partial charge < -0.3 is 9.30 Å². The molecule has 0 spiro atoms. The molecule has 0 bridgehead atoms. The Morgan fingerprint density at radius 3 is 2.66 bits per heavy atom. The van der Waals surface area contributed by atoms with Crippen LogP contribution in [0.5, 0.6) is 0 Å². The molecule has 6 nitrogen and oxygen atoms in total. The molecule has 172 valence electrons. The van der Waals surface area contributed by atoms with Crippen LogP contribution in [0, 0.1) is 5.92 Å². The average Bonchev–Trinajstić information content (AvgIpc) is 3.10. The fourth-order valence-corrected chi connectivity index (χ4v) is 4.37. The Labute approximate surface area is 184 Å². The van der Waals surface area contributed by atoms with Crippen LogP contribution in [0.3, 0.4) is 0 Å². The van der Waals surface area contributed by atoms with Crippen LogP contribution in [0.1, 0.15) is 56.1 Å². The van der Waals surface area contributed by atoms with E-state index in [9.17, 15) is 22.8 Å². The molecule has 32 heavy (non-hydrogen) atoms. The topological polar surface area (TPSA) is 64.4 Å². The molecule has 2 aliphatic heterocycles. The Morgan fingerprint density at radius 1 is 1.22 bits per heavy atom. The monoisotopic (exact) mass is 449 g/mol. The minimum atomic E-state index is -4.38. The third kappa shape index (κ3) is 4.38. The predicted molar refractivity (Wildman–Crippen MR) is 110 cm³/mol. The maximum absolute atomic E-state index is 13.0. The fourth-order valence-electron chi connectivity index (χ4n) is 4.37. The lowest BCUT2D eigenvalue weighted by atomic mass is 9.90. The van der Waals surface area contributed by atoms with Crippen molar-refractivity contribution < 1.29 is 27.5 Å². The molecule has 4 rings (SSSR count). The summed E-state index contributed by atoms with van der Waals surface area (Å²) in [5.74, 6) is -0.650. The molecule has 0 aliphatic carbocycles. The quantitative estimate of drug-likeness (QED) is 0.666. The number of halogens is 3. The summed E-state index contributed by atoms with van der Waals surface area (Å²) in [7, 11) is 0. The van der Waals surface area contributed by atoms with Gasteiger partial charge in [-0.15, -0.1) is 0 Å². The maximum atomic E-state index is 13.0. The Kier molecular flexibility index (Phi) is 5.55. The summed E-state index contributed by atoms with van der Waals surface area (Å²) in [4.78, 5) is 31.0. The number of imide groups is 1. The molecule has 3 heterocycles. The number of benzene rings is 1. The lowest BCUT2D eigenvalue weighted by Crippen LogP contribution is -2.47. The number of fused-ring (bicyclic) bond motifs is 3. The van der Waals surface area contributed by atoms with E-state index in [1.807, 2.05) is 4.57 Å². The molecule has 0 radical (unpaired) electrons. The molecule has 1 atom stereocenters.